The number of hydrogen-bond donors (Lipinski definition) is 1. The Kier molecular flexibility index (Phi) is 4.38. The Morgan fingerprint density at radius 2 is 1.63 bits per heavy atom. The molecule has 134 valence electrons. The van der Waals surface area contributed by atoms with Crippen molar-refractivity contribution >= 4 is 34.4 Å². The number of aromatic nitrogens is 1. The van der Waals surface area contributed by atoms with Crippen molar-refractivity contribution in [3.05, 3.63) is 78.4 Å². The maximum Gasteiger partial charge on any atom is 0.119 e. The van der Waals surface area contributed by atoms with E-state index in [1.165, 1.54) is 37.5 Å². The molecule has 0 bridgehead atoms. The zero-order valence-corrected chi connectivity index (χ0v) is 16.6. The minimum absolute atomic E-state index is 0.337. The number of rotatable bonds is 4. The van der Waals surface area contributed by atoms with Crippen LogP contribution in [-0.2, 0) is 0 Å². The minimum atomic E-state index is 0.337. The summed E-state index contributed by atoms with van der Waals surface area (Å²) in [6.45, 7) is 2.69. The molecule has 0 fully saturated rings. The van der Waals surface area contributed by atoms with Gasteiger partial charge in [0.25, 0.3) is 0 Å². The van der Waals surface area contributed by atoms with Crippen molar-refractivity contribution < 1.29 is 4.74 Å². The number of benzene rings is 3. The van der Waals surface area contributed by atoms with Gasteiger partial charge in [-0.2, -0.15) is 0 Å². The van der Waals surface area contributed by atoms with E-state index in [0.29, 0.717) is 11.2 Å². The molecule has 0 amide bonds. The largest absolute Gasteiger partial charge is 0.494 e. The smallest absolute Gasteiger partial charge is 0.119 e. The monoisotopic (exact) mass is 389 g/mol. The molecular weight excluding hydrogens is 370 g/mol. The van der Waals surface area contributed by atoms with Crippen LogP contribution in [-0.4, -0.2) is 11.6 Å². The van der Waals surface area contributed by atoms with Crippen LogP contribution in [0.5, 0.6) is 5.75 Å². The number of fused-ring (bicyclic) bond motifs is 2. The van der Waals surface area contributed by atoms with Crippen molar-refractivity contribution in [3.8, 4) is 17.0 Å². The van der Waals surface area contributed by atoms with Crippen LogP contribution in [0.15, 0.2) is 82.6 Å². The molecule has 1 aromatic heterocycles. The van der Waals surface area contributed by atoms with E-state index in [9.17, 15) is 0 Å². The maximum atomic E-state index is 5.73. The second-order valence-corrected chi connectivity index (χ2v) is 9.03. The summed E-state index contributed by atoms with van der Waals surface area (Å²) in [6.07, 6.45) is 0. The molecule has 5 rings (SSSR count). The number of nitrogens with one attached hydrogen (secondary N) is 1. The van der Waals surface area contributed by atoms with Gasteiger partial charge in [0.15, 0.2) is 0 Å². The molecule has 0 unspecified atom stereocenters. The van der Waals surface area contributed by atoms with Gasteiger partial charge in [0.05, 0.1) is 16.9 Å². The molecular formula is C23H19NOS2. The number of aromatic amines is 1. The first-order valence-corrected chi connectivity index (χ1v) is 10.9. The fourth-order valence-corrected chi connectivity index (χ4v) is 6.53. The van der Waals surface area contributed by atoms with E-state index in [4.69, 9.17) is 4.74 Å². The van der Waals surface area contributed by atoms with Crippen LogP contribution in [0, 0.1) is 0 Å². The Balaban J connectivity index is 1.66. The number of thioether (sulfide) groups is 2. The fourth-order valence-electron chi connectivity index (χ4n) is 3.56. The Morgan fingerprint density at radius 1 is 0.889 bits per heavy atom. The van der Waals surface area contributed by atoms with Crippen LogP contribution in [0.2, 0.25) is 0 Å². The highest BCUT2D eigenvalue weighted by Gasteiger charge is 2.29. The first kappa shape index (κ1) is 16.8. The third-order valence-electron chi connectivity index (χ3n) is 4.73. The average Bonchev–Trinajstić information content (AvgIpc) is 3.29. The molecule has 4 heteroatoms. The average molecular weight is 390 g/mol. The quantitative estimate of drug-likeness (QED) is 0.402. The Labute approximate surface area is 167 Å². The van der Waals surface area contributed by atoms with Gasteiger partial charge in [-0.1, -0.05) is 42.5 Å². The van der Waals surface area contributed by atoms with Gasteiger partial charge in [0, 0.05) is 31.8 Å². The summed E-state index contributed by atoms with van der Waals surface area (Å²) in [6, 6.07) is 25.7. The summed E-state index contributed by atoms with van der Waals surface area (Å²) in [5, 5.41) is 1.30. The van der Waals surface area contributed by atoms with Crippen molar-refractivity contribution in [2.24, 2.45) is 0 Å². The van der Waals surface area contributed by atoms with Gasteiger partial charge in [-0.05, 0) is 37.3 Å². The summed E-state index contributed by atoms with van der Waals surface area (Å²) in [4.78, 5) is 6.41. The Hall–Kier alpha value is -2.30. The molecule has 0 atom stereocenters. The lowest BCUT2D eigenvalue weighted by Crippen LogP contribution is -1.93. The zero-order chi connectivity index (χ0) is 18.2. The Bertz CT molecular complexity index is 1090. The van der Waals surface area contributed by atoms with Crippen LogP contribution < -0.4 is 4.74 Å². The predicted molar refractivity (Wildman–Crippen MR) is 116 cm³/mol. The summed E-state index contributed by atoms with van der Waals surface area (Å²) < 4.78 is 6.07. The van der Waals surface area contributed by atoms with Gasteiger partial charge >= 0.3 is 0 Å². The molecule has 27 heavy (non-hydrogen) atoms. The topological polar surface area (TPSA) is 25.0 Å². The van der Waals surface area contributed by atoms with Gasteiger partial charge in [-0.25, -0.2) is 0 Å². The number of ether oxygens (including phenoxy) is 1. The van der Waals surface area contributed by atoms with E-state index in [0.717, 1.165) is 5.75 Å². The summed E-state index contributed by atoms with van der Waals surface area (Å²) in [5.41, 5.74) is 4.91. The summed E-state index contributed by atoms with van der Waals surface area (Å²) in [5.74, 6) is 0.912. The molecule has 0 aliphatic carbocycles. The van der Waals surface area contributed by atoms with Gasteiger partial charge in [-0.15, -0.1) is 23.5 Å². The highest BCUT2D eigenvalue weighted by atomic mass is 32.2. The lowest BCUT2D eigenvalue weighted by Gasteiger charge is -2.12. The van der Waals surface area contributed by atoms with Gasteiger partial charge in [0.2, 0.25) is 0 Å². The van der Waals surface area contributed by atoms with Crippen molar-refractivity contribution in [3.63, 3.8) is 0 Å². The zero-order valence-electron chi connectivity index (χ0n) is 14.9. The second kappa shape index (κ2) is 7.02. The maximum absolute atomic E-state index is 5.73. The summed E-state index contributed by atoms with van der Waals surface area (Å²) >= 11 is 3.89. The first-order valence-electron chi connectivity index (χ1n) is 9.09. The molecule has 1 N–H and O–H groups in total. The normalized spacial score (nSPS) is 13.8. The molecule has 0 saturated carbocycles. The number of H-pyrrole nitrogens is 1. The number of hydrogen-bond acceptors (Lipinski definition) is 3. The SMILES string of the molecule is CCOc1cccc(-c2[nH]c3ccccc3c2C2Sc3ccccc3S2)c1. The molecule has 0 saturated heterocycles. The van der Waals surface area contributed by atoms with Crippen molar-refractivity contribution in [1.82, 2.24) is 4.98 Å². The fraction of sp³-hybridized carbons (Fsp3) is 0.130. The minimum Gasteiger partial charge on any atom is -0.494 e. The van der Waals surface area contributed by atoms with Crippen LogP contribution in [0.25, 0.3) is 22.2 Å². The second-order valence-electron chi connectivity index (χ2n) is 6.43. The van der Waals surface area contributed by atoms with Crippen molar-refractivity contribution in [2.75, 3.05) is 6.61 Å². The van der Waals surface area contributed by atoms with E-state index in [1.54, 1.807) is 0 Å². The van der Waals surface area contributed by atoms with Crippen molar-refractivity contribution in [1.29, 1.82) is 0 Å². The van der Waals surface area contributed by atoms with Crippen LogP contribution >= 0.6 is 23.5 Å². The van der Waals surface area contributed by atoms with E-state index >= 15 is 0 Å². The number of para-hydroxylation sites is 1. The van der Waals surface area contributed by atoms with E-state index < -0.39 is 0 Å². The van der Waals surface area contributed by atoms with Crippen LogP contribution in [0.4, 0.5) is 0 Å². The molecule has 4 aromatic rings. The molecule has 1 aliphatic rings. The third kappa shape index (κ3) is 3.03. The third-order valence-corrected chi connectivity index (χ3v) is 7.56. The lowest BCUT2D eigenvalue weighted by atomic mass is 10.1. The van der Waals surface area contributed by atoms with Gasteiger partial charge in [-0.3, -0.25) is 0 Å². The van der Waals surface area contributed by atoms with Gasteiger partial charge in [0.1, 0.15) is 5.75 Å². The molecule has 0 radical (unpaired) electrons. The standard InChI is InChI=1S/C23H19NOS2/c1-2-25-16-9-7-8-15(14-16)22-21(17-10-3-4-11-18(17)24-22)23-26-19-12-5-6-13-20(19)27-23/h3-14,23-24H,2H2,1H3. The van der Waals surface area contributed by atoms with Crippen LogP contribution in [0.3, 0.4) is 0 Å². The first-order chi connectivity index (χ1) is 13.3. The molecule has 3 aromatic carbocycles. The molecule has 2 nitrogen and oxygen atoms in total. The molecule has 1 aliphatic heterocycles. The van der Waals surface area contributed by atoms with E-state index in [1.807, 2.05) is 36.5 Å². The predicted octanol–water partition coefficient (Wildman–Crippen LogP) is 7.13. The van der Waals surface area contributed by atoms with Crippen LogP contribution in [0.1, 0.15) is 17.1 Å². The molecule has 2 heterocycles. The van der Waals surface area contributed by atoms with E-state index in [2.05, 4.69) is 71.7 Å². The lowest BCUT2D eigenvalue weighted by molar-refractivity contribution is 0.340. The van der Waals surface area contributed by atoms with Crippen molar-refractivity contribution in [2.45, 2.75) is 21.3 Å². The summed E-state index contributed by atoms with van der Waals surface area (Å²) in [7, 11) is 0. The van der Waals surface area contributed by atoms with E-state index in [-0.39, 0.29) is 0 Å². The highest BCUT2D eigenvalue weighted by Crippen LogP contribution is 2.59. The van der Waals surface area contributed by atoms with Gasteiger partial charge < -0.3 is 9.72 Å². The molecule has 0 spiro atoms. The highest BCUT2D eigenvalue weighted by molar-refractivity contribution is 8.19. The Morgan fingerprint density at radius 3 is 2.41 bits per heavy atom.